The summed E-state index contributed by atoms with van der Waals surface area (Å²) in [6.45, 7) is 8.24. The first-order chi connectivity index (χ1) is 13.6. The van der Waals surface area contributed by atoms with Gasteiger partial charge in [-0.05, 0) is 74.8 Å². The number of fused-ring (bicyclic) bond motifs is 1. The molecule has 2 aliphatic rings. The van der Waals surface area contributed by atoms with Gasteiger partial charge < -0.3 is 11.1 Å². The summed E-state index contributed by atoms with van der Waals surface area (Å²) in [6, 6.07) is 6.22. The van der Waals surface area contributed by atoms with Gasteiger partial charge in [-0.1, -0.05) is 42.0 Å². The third kappa shape index (κ3) is 4.23. The van der Waals surface area contributed by atoms with Gasteiger partial charge in [-0.2, -0.15) is 0 Å². The van der Waals surface area contributed by atoms with Crippen molar-refractivity contribution in [2.24, 2.45) is 16.1 Å². The van der Waals surface area contributed by atoms with Crippen molar-refractivity contribution >= 4 is 11.4 Å². The molecule has 3 nitrogen and oxygen atoms in total. The molecule has 4 heteroatoms. The predicted molar refractivity (Wildman–Crippen MR) is 116 cm³/mol. The van der Waals surface area contributed by atoms with Gasteiger partial charge in [0.25, 0.3) is 0 Å². The summed E-state index contributed by atoms with van der Waals surface area (Å²) < 4.78 is 13.2. The Labute approximate surface area is 166 Å². The van der Waals surface area contributed by atoms with E-state index < -0.39 is 0 Å². The molecule has 1 unspecified atom stereocenters. The van der Waals surface area contributed by atoms with E-state index in [0.29, 0.717) is 0 Å². The Balaban J connectivity index is 1.96. The van der Waals surface area contributed by atoms with Crippen LogP contribution in [0.4, 0.5) is 10.1 Å². The van der Waals surface area contributed by atoms with Gasteiger partial charge in [0.1, 0.15) is 5.82 Å². The van der Waals surface area contributed by atoms with Crippen molar-refractivity contribution in [3.05, 3.63) is 90.0 Å². The third-order valence-corrected chi connectivity index (χ3v) is 5.50. The number of allylic oxidation sites excluding steroid dienone is 6. The van der Waals surface area contributed by atoms with Gasteiger partial charge in [0.2, 0.25) is 0 Å². The quantitative estimate of drug-likeness (QED) is 0.552. The largest absolute Gasteiger partial charge is 0.404 e. The second-order valence-corrected chi connectivity index (χ2v) is 7.28. The van der Waals surface area contributed by atoms with Gasteiger partial charge in [-0.15, -0.1) is 0 Å². The van der Waals surface area contributed by atoms with Crippen LogP contribution in [-0.4, -0.2) is 18.8 Å². The monoisotopic (exact) mass is 377 g/mol. The van der Waals surface area contributed by atoms with Gasteiger partial charge in [0.05, 0.1) is 11.4 Å². The minimum atomic E-state index is -0.264. The number of piperidine rings is 1. The van der Waals surface area contributed by atoms with Crippen molar-refractivity contribution in [2.45, 2.75) is 26.2 Å². The Morgan fingerprint density at radius 2 is 2.11 bits per heavy atom. The van der Waals surface area contributed by atoms with E-state index in [2.05, 4.69) is 30.1 Å². The average molecular weight is 378 g/mol. The molecule has 3 rings (SSSR count). The lowest BCUT2D eigenvalue weighted by molar-refractivity contribution is 0.341. The maximum Gasteiger partial charge on any atom is 0.123 e. The van der Waals surface area contributed by atoms with Crippen LogP contribution >= 0.6 is 0 Å². The topological polar surface area (TPSA) is 50.4 Å². The van der Waals surface area contributed by atoms with Crippen LogP contribution in [0.2, 0.25) is 0 Å². The molecule has 1 heterocycles. The molecular weight excluding hydrogens is 349 g/mol. The fraction of sp³-hybridized carbons (Fsp3) is 0.292. The van der Waals surface area contributed by atoms with Gasteiger partial charge in [0, 0.05) is 12.0 Å². The van der Waals surface area contributed by atoms with Crippen LogP contribution in [0.15, 0.2) is 89.1 Å². The third-order valence-electron chi connectivity index (χ3n) is 5.50. The standard InChI is InChI=1S/C24H28FN3/c1-3-4-5-6-7-18(2)24-15-19(16-26)23(14-20(24)12-13-27-17-24)28-22-10-8-21(25)9-11-22/h3-6,8-11,14,16,27H,2,7,12-13,15,17,26H2,1H3/b4-3-,6-5-,19-16?,28-23?. The van der Waals surface area contributed by atoms with Crippen molar-refractivity contribution in [2.75, 3.05) is 13.1 Å². The van der Waals surface area contributed by atoms with Gasteiger partial charge >= 0.3 is 0 Å². The number of hydrogen-bond acceptors (Lipinski definition) is 3. The van der Waals surface area contributed by atoms with Crippen LogP contribution < -0.4 is 11.1 Å². The number of aliphatic imine (C=N–C) groups is 1. The van der Waals surface area contributed by atoms with E-state index in [-0.39, 0.29) is 11.2 Å². The zero-order chi connectivity index (χ0) is 20.0. The molecule has 0 radical (unpaired) electrons. The van der Waals surface area contributed by atoms with E-state index in [4.69, 9.17) is 10.7 Å². The molecule has 146 valence electrons. The number of halogens is 1. The summed E-state index contributed by atoms with van der Waals surface area (Å²) >= 11 is 0. The molecule has 1 aromatic carbocycles. The van der Waals surface area contributed by atoms with Crippen LogP contribution in [0.3, 0.4) is 0 Å². The minimum absolute atomic E-state index is 0.133. The zero-order valence-corrected chi connectivity index (χ0v) is 16.4. The van der Waals surface area contributed by atoms with E-state index in [1.54, 1.807) is 18.3 Å². The van der Waals surface area contributed by atoms with Gasteiger partial charge in [0.15, 0.2) is 0 Å². The number of nitrogens with zero attached hydrogens (tertiary/aromatic N) is 1. The second kappa shape index (κ2) is 8.98. The summed E-state index contributed by atoms with van der Waals surface area (Å²) in [5.41, 5.74) is 11.0. The molecule has 1 aromatic rings. The maximum atomic E-state index is 13.2. The molecule has 1 saturated heterocycles. The van der Waals surface area contributed by atoms with Crippen LogP contribution in [0.5, 0.6) is 0 Å². The van der Waals surface area contributed by atoms with E-state index in [1.165, 1.54) is 23.3 Å². The summed E-state index contributed by atoms with van der Waals surface area (Å²) in [5.74, 6) is -0.264. The zero-order valence-electron chi connectivity index (χ0n) is 16.4. The summed E-state index contributed by atoms with van der Waals surface area (Å²) in [7, 11) is 0. The molecule has 0 aromatic heterocycles. The summed E-state index contributed by atoms with van der Waals surface area (Å²) in [5, 5.41) is 3.53. The number of hydrogen-bond donors (Lipinski definition) is 2. The number of nitrogens with one attached hydrogen (secondary N) is 1. The average Bonchev–Trinajstić information content (AvgIpc) is 2.72. The van der Waals surface area contributed by atoms with E-state index in [9.17, 15) is 4.39 Å². The van der Waals surface area contributed by atoms with Crippen molar-refractivity contribution in [1.82, 2.24) is 5.32 Å². The molecule has 28 heavy (non-hydrogen) atoms. The predicted octanol–water partition coefficient (Wildman–Crippen LogP) is 5.13. The highest BCUT2D eigenvalue weighted by Crippen LogP contribution is 2.48. The molecule has 0 bridgehead atoms. The maximum absolute atomic E-state index is 13.2. The Morgan fingerprint density at radius 1 is 1.32 bits per heavy atom. The highest BCUT2D eigenvalue weighted by atomic mass is 19.1. The van der Waals surface area contributed by atoms with Crippen molar-refractivity contribution < 1.29 is 4.39 Å². The first kappa shape index (κ1) is 20.0. The van der Waals surface area contributed by atoms with Crippen LogP contribution in [0, 0.1) is 11.2 Å². The number of nitrogens with two attached hydrogens (primary N) is 1. The smallest absolute Gasteiger partial charge is 0.123 e. The fourth-order valence-corrected chi connectivity index (χ4v) is 3.91. The molecule has 1 aliphatic carbocycles. The van der Waals surface area contributed by atoms with Crippen molar-refractivity contribution in [3.63, 3.8) is 0 Å². The lowest BCUT2D eigenvalue weighted by Gasteiger charge is -2.45. The van der Waals surface area contributed by atoms with Crippen molar-refractivity contribution in [1.29, 1.82) is 0 Å². The molecule has 1 fully saturated rings. The minimum Gasteiger partial charge on any atom is -0.404 e. The number of benzene rings is 1. The van der Waals surface area contributed by atoms with Gasteiger partial charge in [-0.25, -0.2) is 9.38 Å². The summed E-state index contributed by atoms with van der Waals surface area (Å²) in [6.07, 6.45) is 14.6. The first-order valence-corrected chi connectivity index (χ1v) is 9.72. The first-order valence-electron chi connectivity index (χ1n) is 9.72. The van der Waals surface area contributed by atoms with Crippen LogP contribution in [-0.2, 0) is 0 Å². The normalized spacial score (nSPS) is 25.4. The Kier molecular flexibility index (Phi) is 6.42. The lowest BCUT2D eigenvalue weighted by Crippen LogP contribution is -2.45. The lowest BCUT2D eigenvalue weighted by atomic mass is 9.63. The highest BCUT2D eigenvalue weighted by Gasteiger charge is 2.42. The molecule has 0 amide bonds. The second-order valence-electron chi connectivity index (χ2n) is 7.28. The molecule has 1 atom stereocenters. The summed E-state index contributed by atoms with van der Waals surface area (Å²) in [4.78, 5) is 4.73. The Hall–Kier alpha value is -2.72. The SMILES string of the molecule is C=C(C/C=C\C=C/C)C12CNCCC1=CC(=Nc1ccc(F)cc1)C(=CN)C2. The molecule has 1 aliphatic heterocycles. The highest BCUT2D eigenvalue weighted by molar-refractivity contribution is 6.11. The fourth-order valence-electron chi connectivity index (χ4n) is 3.91. The molecule has 0 spiro atoms. The van der Waals surface area contributed by atoms with E-state index >= 15 is 0 Å². The van der Waals surface area contributed by atoms with Crippen LogP contribution in [0.25, 0.3) is 0 Å². The number of rotatable bonds is 5. The Bertz CT molecular complexity index is 872. The Morgan fingerprint density at radius 3 is 2.82 bits per heavy atom. The molecule has 3 N–H and O–H groups in total. The molecular formula is C24H28FN3. The van der Waals surface area contributed by atoms with E-state index in [1.807, 2.05) is 19.1 Å². The molecule has 0 saturated carbocycles. The van der Waals surface area contributed by atoms with E-state index in [0.717, 1.165) is 49.3 Å². The van der Waals surface area contributed by atoms with Crippen molar-refractivity contribution in [3.8, 4) is 0 Å². The van der Waals surface area contributed by atoms with Crippen LogP contribution in [0.1, 0.15) is 26.2 Å². The van der Waals surface area contributed by atoms with Gasteiger partial charge in [-0.3, -0.25) is 0 Å².